The number of hydrogen-bond donors (Lipinski definition) is 1. The molecule has 1 aliphatic heterocycles. The van der Waals surface area contributed by atoms with E-state index in [4.69, 9.17) is 14.2 Å². The quantitative estimate of drug-likeness (QED) is 0.436. The van der Waals surface area contributed by atoms with Crippen molar-refractivity contribution in [3.8, 4) is 0 Å². The maximum atomic E-state index is 12.5. The molecule has 2 saturated carbocycles. The van der Waals surface area contributed by atoms with Crippen LogP contribution in [0.25, 0.3) is 0 Å². The van der Waals surface area contributed by atoms with Crippen LogP contribution in [0.15, 0.2) is 23.8 Å². The number of aliphatic hydroxyl groups excluding tert-OH is 1. The molecule has 0 aromatic heterocycles. The molecule has 7 heteroatoms. The molecular formula is C22H30O7. The Balaban J connectivity index is 2.04. The van der Waals surface area contributed by atoms with E-state index >= 15 is 0 Å². The van der Waals surface area contributed by atoms with Gasteiger partial charge in [0.1, 0.15) is 18.3 Å². The van der Waals surface area contributed by atoms with Crippen LogP contribution in [0.4, 0.5) is 0 Å². The topological polar surface area (TPSA) is 99.1 Å². The molecule has 0 amide bonds. The van der Waals surface area contributed by atoms with Gasteiger partial charge in [0.2, 0.25) is 0 Å². The van der Waals surface area contributed by atoms with Crippen molar-refractivity contribution in [1.82, 2.24) is 0 Å². The maximum Gasteiger partial charge on any atom is 0.334 e. The zero-order chi connectivity index (χ0) is 21.7. The highest BCUT2D eigenvalue weighted by molar-refractivity contribution is 5.91. The lowest BCUT2D eigenvalue weighted by molar-refractivity contribution is -0.161. The molecule has 1 N–H and O–H groups in total. The molecule has 0 radical (unpaired) electrons. The van der Waals surface area contributed by atoms with Gasteiger partial charge in [0.25, 0.3) is 0 Å². The number of ether oxygens (including phenoxy) is 3. The Bertz CT molecular complexity index is 769. The molecule has 0 aromatic carbocycles. The van der Waals surface area contributed by atoms with E-state index in [1.54, 1.807) is 19.9 Å². The van der Waals surface area contributed by atoms with Crippen LogP contribution in [0.5, 0.6) is 0 Å². The predicted molar refractivity (Wildman–Crippen MR) is 103 cm³/mol. The fourth-order valence-electron chi connectivity index (χ4n) is 5.58. The highest BCUT2D eigenvalue weighted by atomic mass is 16.6. The Hall–Kier alpha value is -2.15. The third kappa shape index (κ3) is 3.39. The number of esters is 3. The van der Waals surface area contributed by atoms with Crippen LogP contribution in [0, 0.1) is 23.2 Å². The summed E-state index contributed by atoms with van der Waals surface area (Å²) < 4.78 is 16.9. The van der Waals surface area contributed by atoms with Gasteiger partial charge in [0.15, 0.2) is 0 Å². The van der Waals surface area contributed by atoms with Gasteiger partial charge in [-0.25, -0.2) is 9.59 Å². The lowest BCUT2D eigenvalue weighted by Gasteiger charge is -2.42. The monoisotopic (exact) mass is 406 g/mol. The van der Waals surface area contributed by atoms with E-state index in [-0.39, 0.29) is 17.4 Å². The summed E-state index contributed by atoms with van der Waals surface area (Å²) in [7, 11) is 0. The average Bonchev–Trinajstić information content (AvgIpc) is 3.04. The average molecular weight is 406 g/mol. The molecule has 29 heavy (non-hydrogen) atoms. The minimum Gasteiger partial charge on any atom is -0.462 e. The van der Waals surface area contributed by atoms with Crippen LogP contribution in [-0.2, 0) is 28.6 Å². The number of aliphatic hydroxyl groups is 1. The SMILES string of the molecule is C=C1C(=O)OC2CC(C)C3C(OC(C)=O)CC(OC(=O)C(C)=CC)C3(C)C(O)C12. The summed E-state index contributed by atoms with van der Waals surface area (Å²) >= 11 is 0. The largest absolute Gasteiger partial charge is 0.462 e. The van der Waals surface area contributed by atoms with Crippen LogP contribution in [0.3, 0.4) is 0 Å². The van der Waals surface area contributed by atoms with E-state index in [2.05, 4.69) is 6.58 Å². The molecule has 8 atom stereocenters. The van der Waals surface area contributed by atoms with Crippen molar-refractivity contribution in [1.29, 1.82) is 0 Å². The first-order valence-corrected chi connectivity index (χ1v) is 10.1. The number of hydrogen-bond acceptors (Lipinski definition) is 7. The molecule has 0 aromatic rings. The molecule has 7 nitrogen and oxygen atoms in total. The van der Waals surface area contributed by atoms with Crippen LogP contribution < -0.4 is 0 Å². The molecule has 3 aliphatic rings. The first-order valence-electron chi connectivity index (χ1n) is 10.1. The van der Waals surface area contributed by atoms with Crippen LogP contribution in [0.1, 0.15) is 47.5 Å². The Morgan fingerprint density at radius 1 is 1.28 bits per heavy atom. The smallest absolute Gasteiger partial charge is 0.334 e. The first-order chi connectivity index (χ1) is 13.5. The zero-order valence-corrected chi connectivity index (χ0v) is 17.6. The molecule has 8 unspecified atom stereocenters. The van der Waals surface area contributed by atoms with E-state index in [9.17, 15) is 19.5 Å². The van der Waals surface area contributed by atoms with Gasteiger partial charge in [-0.2, -0.15) is 0 Å². The Labute approximate surface area is 171 Å². The fourth-order valence-corrected chi connectivity index (χ4v) is 5.58. The van der Waals surface area contributed by atoms with Gasteiger partial charge >= 0.3 is 17.9 Å². The van der Waals surface area contributed by atoms with Crippen molar-refractivity contribution in [2.24, 2.45) is 23.2 Å². The molecule has 3 rings (SSSR count). The molecule has 0 bridgehead atoms. The summed E-state index contributed by atoms with van der Waals surface area (Å²) in [5.41, 5.74) is -0.236. The van der Waals surface area contributed by atoms with E-state index in [1.807, 2.05) is 13.8 Å². The third-order valence-electron chi connectivity index (χ3n) is 7.10. The second-order valence-corrected chi connectivity index (χ2v) is 8.79. The second kappa shape index (κ2) is 7.59. The van der Waals surface area contributed by atoms with Crippen molar-refractivity contribution in [3.05, 3.63) is 23.8 Å². The van der Waals surface area contributed by atoms with E-state index in [0.717, 1.165) is 0 Å². The number of carbonyl (C=O) groups is 3. The highest BCUT2D eigenvalue weighted by Gasteiger charge is 2.66. The van der Waals surface area contributed by atoms with Crippen molar-refractivity contribution >= 4 is 17.9 Å². The minimum absolute atomic E-state index is 0.0424. The van der Waals surface area contributed by atoms with Gasteiger partial charge < -0.3 is 19.3 Å². The van der Waals surface area contributed by atoms with Crippen LogP contribution >= 0.6 is 0 Å². The highest BCUT2D eigenvalue weighted by Crippen LogP contribution is 2.58. The minimum atomic E-state index is -1.04. The predicted octanol–water partition coefficient (Wildman–Crippen LogP) is 2.32. The lowest BCUT2D eigenvalue weighted by Crippen LogP contribution is -2.50. The summed E-state index contributed by atoms with van der Waals surface area (Å²) in [5, 5.41) is 11.5. The third-order valence-corrected chi connectivity index (χ3v) is 7.10. The van der Waals surface area contributed by atoms with Gasteiger partial charge in [-0.1, -0.05) is 26.5 Å². The van der Waals surface area contributed by atoms with Crippen molar-refractivity contribution in [2.75, 3.05) is 0 Å². The molecule has 160 valence electrons. The van der Waals surface area contributed by atoms with Crippen LogP contribution in [-0.4, -0.2) is 47.4 Å². The number of rotatable bonds is 3. The number of allylic oxidation sites excluding steroid dienone is 1. The molecule has 1 saturated heterocycles. The summed E-state index contributed by atoms with van der Waals surface area (Å²) in [4.78, 5) is 36.4. The molecule has 3 fully saturated rings. The van der Waals surface area contributed by atoms with Gasteiger partial charge in [-0.3, -0.25) is 4.79 Å². The van der Waals surface area contributed by atoms with Crippen molar-refractivity contribution < 1.29 is 33.7 Å². The van der Waals surface area contributed by atoms with E-state index in [0.29, 0.717) is 18.4 Å². The van der Waals surface area contributed by atoms with E-state index < -0.39 is 53.7 Å². The summed E-state index contributed by atoms with van der Waals surface area (Å²) in [6.07, 6.45) is -0.246. The zero-order valence-electron chi connectivity index (χ0n) is 17.6. The van der Waals surface area contributed by atoms with Gasteiger partial charge in [-0.05, 0) is 26.2 Å². The van der Waals surface area contributed by atoms with Crippen LogP contribution in [0.2, 0.25) is 0 Å². The first kappa shape index (κ1) is 21.6. The molecule has 1 heterocycles. The maximum absolute atomic E-state index is 12.5. The molecular weight excluding hydrogens is 376 g/mol. The Morgan fingerprint density at radius 3 is 2.52 bits per heavy atom. The van der Waals surface area contributed by atoms with Gasteiger partial charge in [-0.15, -0.1) is 0 Å². The number of carbonyl (C=O) groups excluding carboxylic acids is 3. The standard InChI is InChI=1S/C22H30O7/c1-7-10(2)20(25)29-16-9-15(27-13(5)23)18-11(3)8-14-17(12(4)21(26)28-14)19(24)22(16,18)6/h7,11,14-19,24H,4,8-9H2,1-3,5-6H3. The van der Waals surface area contributed by atoms with E-state index in [1.165, 1.54) is 6.92 Å². The summed E-state index contributed by atoms with van der Waals surface area (Å²) in [6.45, 7) is 12.4. The Kier molecular flexibility index (Phi) is 5.64. The normalized spacial score (nSPS) is 41.9. The summed E-state index contributed by atoms with van der Waals surface area (Å²) in [6, 6.07) is 0. The van der Waals surface area contributed by atoms with Crippen molar-refractivity contribution in [2.45, 2.75) is 71.9 Å². The fraction of sp³-hybridized carbons (Fsp3) is 0.682. The number of fused-ring (bicyclic) bond motifs is 2. The molecule has 2 aliphatic carbocycles. The van der Waals surface area contributed by atoms with Gasteiger partial charge in [0, 0.05) is 35.8 Å². The second-order valence-electron chi connectivity index (χ2n) is 8.79. The van der Waals surface area contributed by atoms with Gasteiger partial charge in [0.05, 0.1) is 12.0 Å². The summed E-state index contributed by atoms with van der Waals surface area (Å²) in [5.74, 6) is -2.28. The molecule has 0 spiro atoms. The van der Waals surface area contributed by atoms with Crippen molar-refractivity contribution in [3.63, 3.8) is 0 Å². The lowest BCUT2D eigenvalue weighted by atomic mass is 9.67. The Morgan fingerprint density at radius 2 is 1.93 bits per heavy atom.